The first-order valence-electron chi connectivity index (χ1n) is 13.9. The van der Waals surface area contributed by atoms with Crippen LogP contribution in [0.15, 0.2) is 18.2 Å². The Balaban J connectivity index is 1.42. The summed E-state index contributed by atoms with van der Waals surface area (Å²) >= 11 is 0. The lowest BCUT2D eigenvalue weighted by Gasteiger charge is -2.30. The van der Waals surface area contributed by atoms with Gasteiger partial charge in [-0.15, -0.1) is 0 Å². The number of benzene rings is 1. The summed E-state index contributed by atoms with van der Waals surface area (Å²) < 4.78 is 5.45. The predicted molar refractivity (Wildman–Crippen MR) is 148 cm³/mol. The fourth-order valence-corrected chi connectivity index (χ4v) is 4.87. The van der Waals surface area contributed by atoms with E-state index in [1.165, 1.54) is 0 Å². The summed E-state index contributed by atoms with van der Waals surface area (Å²) in [6.07, 6.45) is 1.74. The molecule has 2 amide bonds. The van der Waals surface area contributed by atoms with Crippen molar-refractivity contribution in [1.29, 1.82) is 0 Å². The highest BCUT2D eigenvalue weighted by molar-refractivity contribution is 5.78. The molecular weight excluding hydrogens is 486 g/mol. The van der Waals surface area contributed by atoms with Crippen LogP contribution in [0.2, 0.25) is 0 Å². The van der Waals surface area contributed by atoms with E-state index in [0.29, 0.717) is 38.5 Å². The molecule has 0 atom stereocenters. The molecule has 11 nitrogen and oxygen atoms in total. The number of aromatic hydroxyl groups is 1. The van der Waals surface area contributed by atoms with E-state index in [1.54, 1.807) is 19.2 Å². The molecule has 0 aromatic heterocycles. The maximum atomic E-state index is 13.3. The minimum atomic E-state index is 0.0952. The number of amides is 2. The molecule has 0 radical (unpaired) electrons. The predicted octanol–water partition coefficient (Wildman–Crippen LogP) is -0.632. The zero-order valence-corrected chi connectivity index (χ0v) is 23.2. The van der Waals surface area contributed by atoms with E-state index in [9.17, 15) is 14.7 Å². The fourth-order valence-electron chi connectivity index (χ4n) is 4.87. The second kappa shape index (κ2) is 16.5. The average Bonchev–Trinajstić information content (AvgIpc) is 2.92. The number of hydrogen-bond acceptors (Lipinski definition) is 9. The molecule has 2 saturated heterocycles. The minimum Gasteiger partial charge on any atom is -0.508 e. The highest BCUT2D eigenvalue weighted by Gasteiger charge is 2.21. The molecule has 0 saturated carbocycles. The van der Waals surface area contributed by atoms with Crippen molar-refractivity contribution >= 4 is 11.8 Å². The van der Waals surface area contributed by atoms with Crippen LogP contribution in [-0.2, 0) is 16.1 Å². The third-order valence-corrected chi connectivity index (χ3v) is 7.14. The van der Waals surface area contributed by atoms with Crippen molar-refractivity contribution in [1.82, 2.24) is 35.6 Å². The molecule has 1 aromatic carbocycles. The first-order valence-corrected chi connectivity index (χ1v) is 13.9. The van der Waals surface area contributed by atoms with Crippen molar-refractivity contribution in [3.8, 4) is 11.5 Å². The molecule has 0 spiro atoms. The van der Waals surface area contributed by atoms with Crippen LogP contribution in [-0.4, -0.2) is 142 Å². The summed E-state index contributed by atoms with van der Waals surface area (Å²) in [7, 11) is 3.66. The van der Waals surface area contributed by atoms with Crippen LogP contribution in [0.25, 0.3) is 0 Å². The Morgan fingerprint density at radius 3 is 2.26 bits per heavy atom. The Hall–Kier alpha value is -2.44. The number of nitrogens with zero attached hydrogens (tertiary/aromatic N) is 4. The summed E-state index contributed by atoms with van der Waals surface area (Å²) in [5, 5.41) is 19.5. The lowest BCUT2D eigenvalue weighted by molar-refractivity contribution is -0.133. The number of phenolic OH excluding ortho intramolecular Hbond substituents is 1. The van der Waals surface area contributed by atoms with Crippen LogP contribution in [0.1, 0.15) is 18.4 Å². The number of ether oxygens (including phenoxy) is 1. The summed E-state index contributed by atoms with van der Waals surface area (Å²) in [5.41, 5.74) is 0.879. The summed E-state index contributed by atoms with van der Waals surface area (Å²) in [6.45, 7) is 11.7. The average molecular weight is 534 g/mol. The second-order valence-corrected chi connectivity index (χ2v) is 10.2. The number of methoxy groups -OCH3 is 1. The van der Waals surface area contributed by atoms with Crippen LogP contribution < -0.4 is 20.7 Å². The molecule has 2 heterocycles. The van der Waals surface area contributed by atoms with Gasteiger partial charge in [-0.3, -0.25) is 19.4 Å². The van der Waals surface area contributed by atoms with Gasteiger partial charge in [-0.25, -0.2) is 0 Å². The van der Waals surface area contributed by atoms with E-state index < -0.39 is 0 Å². The quantitative estimate of drug-likeness (QED) is 0.219. The Labute approximate surface area is 227 Å². The number of hydrogen-bond donors (Lipinski definition) is 4. The monoisotopic (exact) mass is 533 g/mol. The second-order valence-electron chi connectivity index (χ2n) is 10.2. The van der Waals surface area contributed by atoms with E-state index in [0.717, 1.165) is 83.9 Å². The van der Waals surface area contributed by atoms with Crippen LogP contribution in [0.3, 0.4) is 0 Å². The molecule has 38 heavy (non-hydrogen) atoms. The number of piperazine rings is 2. The van der Waals surface area contributed by atoms with Crippen LogP contribution in [0.4, 0.5) is 0 Å². The van der Waals surface area contributed by atoms with Crippen molar-refractivity contribution in [2.45, 2.75) is 19.4 Å². The molecule has 2 aliphatic heterocycles. The lowest BCUT2D eigenvalue weighted by Crippen LogP contribution is -2.48. The van der Waals surface area contributed by atoms with Crippen molar-refractivity contribution in [2.75, 3.05) is 106 Å². The van der Waals surface area contributed by atoms with Gasteiger partial charge in [0.1, 0.15) is 11.5 Å². The van der Waals surface area contributed by atoms with E-state index in [4.69, 9.17) is 4.74 Å². The van der Waals surface area contributed by atoms with Crippen molar-refractivity contribution < 1.29 is 19.4 Å². The van der Waals surface area contributed by atoms with Gasteiger partial charge in [-0.05, 0) is 45.1 Å². The smallest absolute Gasteiger partial charge is 0.237 e. The lowest BCUT2D eigenvalue weighted by atomic mass is 10.1. The van der Waals surface area contributed by atoms with E-state index in [2.05, 4.69) is 37.7 Å². The van der Waals surface area contributed by atoms with Gasteiger partial charge >= 0.3 is 0 Å². The SMILES string of the molecule is COc1cc(O)ccc1CN(CCCN(C)CCCNC(=O)CN1CCNCC1)C(=O)CN1CCNCC1. The first-order chi connectivity index (χ1) is 18.4. The molecule has 0 bridgehead atoms. The van der Waals surface area contributed by atoms with Crippen LogP contribution in [0, 0.1) is 0 Å². The van der Waals surface area contributed by atoms with Gasteiger partial charge in [0, 0.05) is 83.6 Å². The van der Waals surface area contributed by atoms with E-state index >= 15 is 0 Å². The van der Waals surface area contributed by atoms with Gasteiger partial charge in [-0.2, -0.15) is 0 Å². The van der Waals surface area contributed by atoms with Gasteiger partial charge in [0.2, 0.25) is 11.8 Å². The summed E-state index contributed by atoms with van der Waals surface area (Å²) in [4.78, 5) is 34.0. The number of rotatable bonds is 15. The number of phenols is 1. The zero-order chi connectivity index (χ0) is 27.2. The number of nitrogens with one attached hydrogen (secondary N) is 3. The molecule has 2 aliphatic rings. The highest BCUT2D eigenvalue weighted by Crippen LogP contribution is 2.25. The number of carbonyl (C=O) groups is 2. The molecule has 0 unspecified atom stereocenters. The first kappa shape index (κ1) is 30.1. The normalized spacial score (nSPS) is 16.9. The highest BCUT2D eigenvalue weighted by atomic mass is 16.5. The Morgan fingerprint density at radius 2 is 1.61 bits per heavy atom. The minimum absolute atomic E-state index is 0.0952. The molecule has 214 valence electrons. The summed E-state index contributed by atoms with van der Waals surface area (Å²) in [6, 6.07) is 5.04. The molecule has 4 N–H and O–H groups in total. The standard InChI is InChI=1S/C27H47N7O4/c1-31(12-3-7-30-26(36)21-32-15-8-28-9-16-32)13-4-14-34(27(37)22-33-17-10-29-11-18-33)20-23-5-6-24(35)19-25(23)38-2/h5-6,19,28-29,35H,3-4,7-18,20-22H2,1-2H3,(H,30,36). The molecule has 11 heteroatoms. The van der Waals surface area contributed by atoms with Gasteiger partial charge in [0.15, 0.2) is 0 Å². The van der Waals surface area contributed by atoms with Crippen LogP contribution in [0.5, 0.6) is 11.5 Å². The molecule has 0 aliphatic carbocycles. The van der Waals surface area contributed by atoms with E-state index in [1.807, 2.05) is 11.0 Å². The van der Waals surface area contributed by atoms with Crippen molar-refractivity contribution in [3.63, 3.8) is 0 Å². The zero-order valence-electron chi connectivity index (χ0n) is 23.2. The maximum Gasteiger partial charge on any atom is 0.237 e. The van der Waals surface area contributed by atoms with Crippen molar-refractivity contribution in [2.24, 2.45) is 0 Å². The molecular formula is C27H47N7O4. The number of carbonyl (C=O) groups excluding carboxylic acids is 2. The Morgan fingerprint density at radius 1 is 0.974 bits per heavy atom. The van der Waals surface area contributed by atoms with Gasteiger partial charge < -0.3 is 35.6 Å². The van der Waals surface area contributed by atoms with Gasteiger partial charge in [0.05, 0.1) is 20.2 Å². The third-order valence-electron chi connectivity index (χ3n) is 7.14. The van der Waals surface area contributed by atoms with E-state index in [-0.39, 0.29) is 17.6 Å². The molecule has 1 aromatic rings. The fraction of sp³-hybridized carbons (Fsp3) is 0.704. The van der Waals surface area contributed by atoms with Crippen molar-refractivity contribution in [3.05, 3.63) is 23.8 Å². The summed E-state index contributed by atoms with van der Waals surface area (Å²) in [5.74, 6) is 0.932. The van der Waals surface area contributed by atoms with Gasteiger partial charge in [0.25, 0.3) is 0 Å². The largest absolute Gasteiger partial charge is 0.508 e. The van der Waals surface area contributed by atoms with Gasteiger partial charge in [-0.1, -0.05) is 0 Å². The topological polar surface area (TPSA) is 113 Å². The Kier molecular flexibility index (Phi) is 13.1. The maximum absolute atomic E-state index is 13.3. The molecule has 3 rings (SSSR count). The van der Waals surface area contributed by atoms with Crippen LogP contribution >= 0.6 is 0 Å². The molecule has 2 fully saturated rings. The third kappa shape index (κ3) is 10.7. The Bertz CT molecular complexity index is 860.